The summed E-state index contributed by atoms with van der Waals surface area (Å²) in [5.74, 6) is 6.51. The number of hydrazine groups is 1. The predicted molar refractivity (Wildman–Crippen MR) is 71.7 cm³/mol. The van der Waals surface area contributed by atoms with Crippen LogP contribution in [0.3, 0.4) is 0 Å². The van der Waals surface area contributed by atoms with Gasteiger partial charge in [0.15, 0.2) is 0 Å². The lowest BCUT2D eigenvalue weighted by molar-refractivity contribution is 0.575. The van der Waals surface area contributed by atoms with Crippen molar-refractivity contribution in [2.24, 2.45) is 5.84 Å². The number of pyridine rings is 1. The van der Waals surface area contributed by atoms with Crippen molar-refractivity contribution in [2.45, 2.75) is 31.6 Å². The van der Waals surface area contributed by atoms with E-state index >= 15 is 0 Å². The molecule has 1 atom stereocenters. The Bertz CT molecular complexity index is 320. The highest BCUT2D eigenvalue weighted by Crippen LogP contribution is 2.18. The fraction of sp³-hybridized carbons (Fsp3) is 0.545. The van der Waals surface area contributed by atoms with Gasteiger partial charge in [-0.2, -0.15) is 11.8 Å². The lowest BCUT2D eigenvalue weighted by Gasteiger charge is -2.17. The highest BCUT2D eigenvalue weighted by Gasteiger charge is 2.11. The Labute approximate surface area is 106 Å². The molecule has 5 heteroatoms. The van der Waals surface area contributed by atoms with Crippen LogP contribution in [0, 0.1) is 0 Å². The fourth-order valence-electron chi connectivity index (χ4n) is 1.31. The monoisotopic (exact) mass is 259 g/mol. The average molecular weight is 260 g/mol. The first-order chi connectivity index (χ1) is 7.63. The summed E-state index contributed by atoms with van der Waals surface area (Å²) in [7, 11) is 0. The Hall–Kier alpha value is -0.290. The number of hydrogen-bond acceptors (Lipinski definition) is 4. The molecule has 1 heterocycles. The Morgan fingerprint density at radius 3 is 2.88 bits per heavy atom. The third-order valence-electron chi connectivity index (χ3n) is 2.19. The summed E-state index contributed by atoms with van der Waals surface area (Å²) in [5, 5.41) is 1.32. The van der Waals surface area contributed by atoms with Crippen LogP contribution in [0.1, 0.15) is 19.4 Å². The molecule has 1 aromatic rings. The molecule has 3 N–H and O–H groups in total. The van der Waals surface area contributed by atoms with Gasteiger partial charge in [0.25, 0.3) is 0 Å². The van der Waals surface area contributed by atoms with Crippen molar-refractivity contribution in [3.63, 3.8) is 0 Å². The van der Waals surface area contributed by atoms with Crippen LogP contribution in [0.5, 0.6) is 0 Å². The normalized spacial score (nSPS) is 13.1. The van der Waals surface area contributed by atoms with Gasteiger partial charge in [0.1, 0.15) is 0 Å². The van der Waals surface area contributed by atoms with Gasteiger partial charge in [-0.05, 0) is 23.3 Å². The number of nitrogens with zero attached hydrogens (tertiary/aromatic N) is 1. The van der Waals surface area contributed by atoms with Crippen LogP contribution >= 0.6 is 23.4 Å². The summed E-state index contributed by atoms with van der Waals surface area (Å²) < 4.78 is 0. The molecular formula is C11H18ClN3S. The molecule has 3 nitrogen and oxygen atoms in total. The number of thioether (sulfide) groups is 1. The van der Waals surface area contributed by atoms with Gasteiger partial charge in [0, 0.05) is 24.2 Å². The van der Waals surface area contributed by atoms with E-state index in [2.05, 4.69) is 24.3 Å². The van der Waals surface area contributed by atoms with Gasteiger partial charge in [0.2, 0.25) is 0 Å². The van der Waals surface area contributed by atoms with E-state index in [9.17, 15) is 0 Å². The minimum absolute atomic E-state index is 0.243. The van der Waals surface area contributed by atoms with Gasteiger partial charge in [-0.15, -0.1) is 0 Å². The second-order valence-corrected chi connectivity index (χ2v) is 5.93. The number of halogens is 1. The quantitative estimate of drug-likeness (QED) is 0.608. The van der Waals surface area contributed by atoms with E-state index in [1.54, 1.807) is 12.4 Å². The standard InChI is InChI=1S/C11H18ClN3S/c1-8(2)16-7-10(15-13)5-9-3-4-14-6-11(9)12/h3-4,6,8,10,15H,5,7,13H2,1-2H3. The largest absolute Gasteiger partial charge is 0.271 e. The molecule has 90 valence electrons. The first-order valence-electron chi connectivity index (χ1n) is 5.29. The number of rotatable bonds is 6. The van der Waals surface area contributed by atoms with E-state index in [1.807, 2.05) is 17.8 Å². The highest BCUT2D eigenvalue weighted by molar-refractivity contribution is 7.99. The molecule has 0 saturated heterocycles. The van der Waals surface area contributed by atoms with Crippen LogP contribution < -0.4 is 11.3 Å². The second-order valence-electron chi connectivity index (χ2n) is 3.92. The molecule has 0 aromatic carbocycles. The number of nitrogens with two attached hydrogens (primary N) is 1. The molecule has 0 spiro atoms. The molecule has 0 bridgehead atoms. The van der Waals surface area contributed by atoms with Gasteiger partial charge >= 0.3 is 0 Å². The van der Waals surface area contributed by atoms with E-state index in [-0.39, 0.29) is 6.04 Å². The molecule has 1 unspecified atom stereocenters. The maximum absolute atomic E-state index is 6.05. The zero-order valence-corrected chi connectivity index (χ0v) is 11.2. The van der Waals surface area contributed by atoms with Gasteiger partial charge in [-0.3, -0.25) is 16.3 Å². The SMILES string of the molecule is CC(C)SCC(Cc1ccncc1Cl)NN. The minimum atomic E-state index is 0.243. The number of hydrogen-bond donors (Lipinski definition) is 2. The zero-order chi connectivity index (χ0) is 12.0. The highest BCUT2D eigenvalue weighted by atomic mass is 35.5. The Morgan fingerprint density at radius 2 is 2.31 bits per heavy atom. The van der Waals surface area contributed by atoms with E-state index in [0.29, 0.717) is 10.3 Å². The van der Waals surface area contributed by atoms with Crippen molar-refractivity contribution in [2.75, 3.05) is 5.75 Å². The lowest BCUT2D eigenvalue weighted by atomic mass is 10.1. The average Bonchev–Trinajstić information content (AvgIpc) is 2.26. The number of nitrogens with one attached hydrogen (secondary N) is 1. The van der Waals surface area contributed by atoms with E-state index in [4.69, 9.17) is 17.4 Å². The maximum atomic E-state index is 6.05. The van der Waals surface area contributed by atoms with Crippen LogP contribution in [-0.2, 0) is 6.42 Å². The van der Waals surface area contributed by atoms with Crippen LogP contribution in [-0.4, -0.2) is 22.0 Å². The van der Waals surface area contributed by atoms with Crippen molar-refractivity contribution in [1.29, 1.82) is 0 Å². The summed E-state index contributed by atoms with van der Waals surface area (Å²) >= 11 is 7.94. The van der Waals surface area contributed by atoms with E-state index < -0.39 is 0 Å². The molecular weight excluding hydrogens is 242 g/mol. The molecule has 0 fully saturated rings. The summed E-state index contributed by atoms with van der Waals surface area (Å²) in [6.07, 6.45) is 4.25. The maximum Gasteiger partial charge on any atom is 0.0621 e. The Morgan fingerprint density at radius 1 is 1.56 bits per heavy atom. The van der Waals surface area contributed by atoms with Crippen LogP contribution in [0.15, 0.2) is 18.5 Å². The molecule has 0 aliphatic heterocycles. The molecule has 1 rings (SSSR count). The second kappa shape index (κ2) is 7.12. The van der Waals surface area contributed by atoms with Crippen LogP contribution in [0.2, 0.25) is 5.02 Å². The number of aromatic nitrogens is 1. The topological polar surface area (TPSA) is 50.9 Å². The minimum Gasteiger partial charge on any atom is -0.271 e. The van der Waals surface area contributed by atoms with E-state index in [1.165, 1.54) is 0 Å². The Kier molecular flexibility index (Phi) is 6.13. The van der Waals surface area contributed by atoms with Crippen molar-refractivity contribution in [1.82, 2.24) is 10.4 Å². The molecule has 0 radical (unpaired) electrons. The van der Waals surface area contributed by atoms with E-state index in [0.717, 1.165) is 17.7 Å². The van der Waals surface area contributed by atoms with Gasteiger partial charge in [-0.25, -0.2) is 0 Å². The summed E-state index contributed by atoms with van der Waals surface area (Å²) in [6.45, 7) is 4.36. The van der Waals surface area contributed by atoms with Crippen molar-refractivity contribution < 1.29 is 0 Å². The molecule has 0 aliphatic carbocycles. The van der Waals surface area contributed by atoms with Crippen LogP contribution in [0.4, 0.5) is 0 Å². The lowest BCUT2D eigenvalue weighted by Crippen LogP contribution is -2.39. The molecule has 1 aromatic heterocycles. The van der Waals surface area contributed by atoms with Gasteiger partial charge in [0.05, 0.1) is 5.02 Å². The smallest absolute Gasteiger partial charge is 0.0621 e. The van der Waals surface area contributed by atoms with Gasteiger partial charge < -0.3 is 0 Å². The van der Waals surface area contributed by atoms with Crippen LogP contribution in [0.25, 0.3) is 0 Å². The summed E-state index contributed by atoms with van der Waals surface area (Å²) in [6, 6.07) is 2.18. The van der Waals surface area contributed by atoms with Gasteiger partial charge in [-0.1, -0.05) is 25.4 Å². The summed E-state index contributed by atoms with van der Waals surface area (Å²) in [4.78, 5) is 3.96. The first-order valence-corrected chi connectivity index (χ1v) is 6.72. The third-order valence-corrected chi connectivity index (χ3v) is 3.79. The molecule has 0 saturated carbocycles. The summed E-state index contributed by atoms with van der Waals surface area (Å²) in [5.41, 5.74) is 3.92. The fourth-order valence-corrected chi connectivity index (χ4v) is 2.34. The predicted octanol–water partition coefficient (Wildman–Crippen LogP) is 2.25. The molecule has 16 heavy (non-hydrogen) atoms. The Balaban J connectivity index is 2.53. The van der Waals surface area contributed by atoms with Crippen molar-refractivity contribution in [3.8, 4) is 0 Å². The molecule has 0 amide bonds. The molecule has 0 aliphatic rings. The van der Waals surface area contributed by atoms with Crippen molar-refractivity contribution in [3.05, 3.63) is 29.0 Å². The van der Waals surface area contributed by atoms with Crippen molar-refractivity contribution >= 4 is 23.4 Å². The first kappa shape index (κ1) is 13.8. The third kappa shape index (κ3) is 4.70. The zero-order valence-electron chi connectivity index (χ0n) is 9.61.